The summed E-state index contributed by atoms with van der Waals surface area (Å²) in [6, 6.07) is 31.4. The SMILES string of the molecule is CCC(=C(CC)c1ccc(OCCOS(=O)(=O)c2ccccc2)cc1)c1ccc(OCCOS(=O)(=O)c2ccccc2)cc1. The van der Waals surface area contributed by atoms with E-state index < -0.39 is 20.2 Å². The summed E-state index contributed by atoms with van der Waals surface area (Å²) in [5.41, 5.74) is 4.53. The summed E-state index contributed by atoms with van der Waals surface area (Å²) in [7, 11) is -7.64. The Labute approximate surface area is 260 Å². The van der Waals surface area contributed by atoms with Gasteiger partial charge in [-0.2, -0.15) is 16.8 Å². The van der Waals surface area contributed by atoms with Gasteiger partial charge in [0.05, 0.1) is 9.79 Å². The van der Waals surface area contributed by atoms with Crippen molar-refractivity contribution in [3.8, 4) is 11.5 Å². The maximum atomic E-state index is 12.2. The van der Waals surface area contributed by atoms with E-state index in [1.807, 2.05) is 48.5 Å². The highest BCUT2D eigenvalue weighted by molar-refractivity contribution is 7.87. The van der Waals surface area contributed by atoms with Crippen LogP contribution in [0.1, 0.15) is 37.8 Å². The Kier molecular flexibility index (Phi) is 11.7. The third-order valence-corrected chi connectivity index (χ3v) is 9.37. The molecule has 0 fully saturated rings. The third kappa shape index (κ3) is 9.03. The Morgan fingerprint density at radius 1 is 0.477 bits per heavy atom. The molecule has 0 heterocycles. The van der Waals surface area contributed by atoms with Crippen molar-refractivity contribution in [2.45, 2.75) is 36.5 Å². The number of ether oxygens (including phenoxy) is 2. The fraction of sp³-hybridized carbons (Fsp3) is 0.235. The standard InChI is InChI=1S/C34H36O8S2/c1-3-33(27-15-19-29(20-16-27)39-23-25-41-43(35,36)31-11-7-5-8-12-31)34(4-2)28-17-21-30(22-18-28)40-24-26-42-44(37,38)32-13-9-6-10-14-32/h5-22H,3-4,23-26H2,1-2H3. The lowest BCUT2D eigenvalue weighted by Crippen LogP contribution is -2.13. The Balaban J connectivity index is 1.32. The first-order valence-corrected chi connectivity index (χ1v) is 17.1. The van der Waals surface area contributed by atoms with Gasteiger partial charge in [-0.05, 0) is 83.6 Å². The van der Waals surface area contributed by atoms with Gasteiger partial charge >= 0.3 is 0 Å². The molecule has 0 amide bonds. The normalized spacial score (nSPS) is 12.4. The zero-order valence-corrected chi connectivity index (χ0v) is 26.4. The van der Waals surface area contributed by atoms with Crippen molar-refractivity contribution in [3.63, 3.8) is 0 Å². The molecule has 0 spiro atoms. The lowest BCUT2D eigenvalue weighted by Gasteiger charge is -2.15. The molecule has 10 heteroatoms. The van der Waals surface area contributed by atoms with Crippen LogP contribution in [0, 0.1) is 0 Å². The molecule has 0 radical (unpaired) electrons. The van der Waals surface area contributed by atoms with Crippen LogP contribution in [0.3, 0.4) is 0 Å². The van der Waals surface area contributed by atoms with Crippen LogP contribution in [0.4, 0.5) is 0 Å². The number of hydrogen-bond donors (Lipinski definition) is 0. The van der Waals surface area contributed by atoms with Gasteiger partial charge in [-0.3, -0.25) is 8.37 Å². The van der Waals surface area contributed by atoms with Crippen molar-refractivity contribution < 1.29 is 34.7 Å². The molecule has 232 valence electrons. The van der Waals surface area contributed by atoms with Gasteiger partial charge in [0.1, 0.15) is 37.9 Å². The molecule has 0 aliphatic rings. The van der Waals surface area contributed by atoms with Crippen LogP contribution in [0.5, 0.6) is 11.5 Å². The van der Waals surface area contributed by atoms with Gasteiger partial charge < -0.3 is 9.47 Å². The molecule has 4 rings (SSSR count). The molecule has 0 saturated heterocycles. The highest BCUT2D eigenvalue weighted by atomic mass is 32.2. The maximum absolute atomic E-state index is 12.2. The monoisotopic (exact) mass is 636 g/mol. The van der Waals surface area contributed by atoms with Crippen LogP contribution in [0.2, 0.25) is 0 Å². The second-order valence-corrected chi connectivity index (χ2v) is 12.8. The molecule has 0 aliphatic heterocycles. The van der Waals surface area contributed by atoms with Crippen LogP contribution in [0.25, 0.3) is 11.1 Å². The number of hydrogen-bond acceptors (Lipinski definition) is 8. The zero-order chi connectivity index (χ0) is 31.4. The van der Waals surface area contributed by atoms with Gasteiger partial charge in [0, 0.05) is 0 Å². The second kappa shape index (κ2) is 15.7. The molecule has 0 aromatic heterocycles. The summed E-state index contributed by atoms with van der Waals surface area (Å²) < 4.78 is 70.6. The molecule has 4 aromatic rings. The van der Waals surface area contributed by atoms with Gasteiger partial charge in [0.25, 0.3) is 20.2 Å². The molecule has 0 aliphatic carbocycles. The minimum absolute atomic E-state index is 0.0888. The molecule has 44 heavy (non-hydrogen) atoms. The van der Waals surface area contributed by atoms with Crippen molar-refractivity contribution >= 4 is 31.4 Å². The molecule has 0 atom stereocenters. The van der Waals surface area contributed by atoms with E-state index >= 15 is 0 Å². The van der Waals surface area contributed by atoms with Gasteiger partial charge in [-0.25, -0.2) is 0 Å². The Bertz CT molecular complexity index is 1590. The van der Waals surface area contributed by atoms with Gasteiger partial charge in [-0.1, -0.05) is 74.5 Å². The number of rotatable bonds is 16. The fourth-order valence-electron chi connectivity index (χ4n) is 4.61. The molecule has 0 bridgehead atoms. The van der Waals surface area contributed by atoms with Crippen LogP contribution in [-0.2, 0) is 28.6 Å². The first-order chi connectivity index (χ1) is 21.2. The first-order valence-electron chi connectivity index (χ1n) is 14.3. The van der Waals surface area contributed by atoms with Crippen LogP contribution >= 0.6 is 0 Å². The topological polar surface area (TPSA) is 105 Å². The highest BCUT2D eigenvalue weighted by Gasteiger charge is 2.15. The van der Waals surface area contributed by atoms with E-state index in [1.165, 1.54) is 35.4 Å². The minimum Gasteiger partial charge on any atom is -0.491 e. The Morgan fingerprint density at radius 2 is 0.818 bits per heavy atom. The van der Waals surface area contributed by atoms with Crippen LogP contribution in [-0.4, -0.2) is 43.3 Å². The summed E-state index contributed by atoms with van der Waals surface area (Å²) in [5.74, 6) is 1.23. The summed E-state index contributed by atoms with van der Waals surface area (Å²) >= 11 is 0. The molecule has 8 nitrogen and oxygen atoms in total. The Morgan fingerprint density at radius 3 is 1.14 bits per heavy atom. The second-order valence-electron chi connectivity index (χ2n) is 9.59. The van der Waals surface area contributed by atoms with Crippen molar-refractivity contribution in [2.75, 3.05) is 26.4 Å². The maximum Gasteiger partial charge on any atom is 0.297 e. The third-order valence-electron chi connectivity index (χ3n) is 6.72. The number of benzene rings is 4. The summed E-state index contributed by atoms with van der Waals surface area (Å²) in [5, 5.41) is 0. The molecule has 0 unspecified atom stereocenters. The first kappa shape index (κ1) is 32.9. The zero-order valence-electron chi connectivity index (χ0n) is 24.7. The van der Waals surface area contributed by atoms with E-state index in [-0.39, 0.29) is 36.2 Å². The molecule has 0 saturated carbocycles. The highest BCUT2D eigenvalue weighted by Crippen LogP contribution is 2.33. The van der Waals surface area contributed by atoms with E-state index in [4.69, 9.17) is 17.8 Å². The van der Waals surface area contributed by atoms with E-state index in [9.17, 15) is 16.8 Å². The summed E-state index contributed by atoms with van der Waals surface area (Å²) in [6.45, 7) is 4.20. The molecular weight excluding hydrogens is 601 g/mol. The lowest BCUT2D eigenvalue weighted by atomic mass is 9.91. The Hall–Kier alpha value is -3.96. The molecule has 4 aromatic carbocycles. The predicted molar refractivity (Wildman–Crippen MR) is 170 cm³/mol. The van der Waals surface area contributed by atoms with Crippen LogP contribution in [0.15, 0.2) is 119 Å². The van der Waals surface area contributed by atoms with Gasteiger partial charge in [-0.15, -0.1) is 0 Å². The lowest BCUT2D eigenvalue weighted by molar-refractivity contribution is 0.221. The quantitative estimate of drug-likeness (QED) is 0.0737. The minimum atomic E-state index is -3.82. The van der Waals surface area contributed by atoms with Crippen molar-refractivity contribution in [3.05, 3.63) is 120 Å². The van der Waals surface area contributed by atoms with Crippen molar-refractivity contribution in [2.24, 2.45) is 0 Å². The largest absolute Gasteiger partial charge is 0.491 e. The predicted octanol–water partition coefficient (Wildman–Crippen LogP) is 6.99. The van der Waals surface area contributed by atoms with Crippen molar-refractivity contribution in [1.29, 1.82) is 0 Å². The fourth-order valence-corrected chi connectivity index (χ4v) is 6.43. The van der Waals surface area contributed by atoms with Crippen LogP contribution < -0.4 is 9.47 Å². The average Bonchev–Trinajstić information content (AvgIpc) is 3.05. The van der Waals surface area contributed by atoms with Gasteiger partial charge in [0.15, 0.2) is 0 Å². The van der Waals surface area contributed by atoms with Crippen molar-refractivity contribution in [1.82, 2.24) is 0 Å². The summed E-state index contributed by atoms with van der Waals surface area (Å²) in [4.78, 5) is 0.220. The van der Waals surface area contributed by atoms with E-state index in [0.29, 0.717) is 11.5 Å². The average molecular weight is 637 g/mol. The van der Waals surface area contributed by atoms with E-state index in [0.717, 1.165) is 24.0 Å². The van der Waals surface area contributed by atoms with E-state index in [1.54, 1.807) is 36.4 Å². The number of allylic oxidation sites excluding steroid dienone is 2. The molecular formula is C34H36O8S2. The molecule has 0 N–H and O–H groups in total. The van der Waals surface area contributed by atoms with Gasteiger partial charge in [0.2, 0.25) is 0 Å². The smallest absolute Gasteiger partial charge is 0.297 e. The summed E-state index contributed by atoms with van der Waals surface area (Å²) in [6.07, 6.45) is 1.64. The van der Waals surface area contributed by atoms with E-state index in [2.05, 4.69) is 13.8 Å².